The summed E-state index contributed by atoms with van der Waals surface area (Å²) >= 11 is 0. The summed E-state index contributed by atoms with van der Waals surface area (Å²) in [7, 11) is -14.2. The van der Waals surface area contributed by atoms with Crippen LogP contribution in [0, 0.1) is 11.8 Å². The van der Waals surface area contributed by atoms with Crippen LogP contribution >= 0.6 is 45.1 Å². The first kappa shape index (κ1) is 63.4. The van der Waals surface area contributed by atoms with Crippen molar-refractivity contribution in [1.82, 2.24) is 19.9 Å². The number of nitrogens with two attached hydrogens (primary N) is 2. The summed E-state index contributed by atoms with van der Waals surface area (Å²) < 4.78 is 78.0. The molecule has 5 rings (SSSR count). The number of ether oxygens (including phenoxy) is 5. The molecule has 78 heavy (non-hydrogen) atoms. The highest BCUT2D eigenvalue weighted by Crippen LogP contribution is 2.66. The van der Waals surface area contributed by atoms with E-state index in [0.29, 0.717) is 42.8 Å². The van der Waals surface area contributed by atoms with Crippen molar-refractivity contribution in [3.05, 3.63) is 93.2 Å². The van der Waals surface area contributed by atoms with Gasteiger partial charge in [0.15, 0.2) is 0 Å². The molecule has 1 aliphatic heterocycles. The molecule has 1 fully saturated rings. The summed E-state index contributed by atoms with van der Waals surface area (Å²) in [4.78, 5) is 101. The largest absolute Gasteiger partial charge is 0.490 e. The van der Waals surface area contributed by atoms with Crippen LogP contribution in [0.4, 0.5) is 11.5 Å². The van der Waals surface area contributed by atoms with E-state index in [1.165, 1.54) is 46.7 Å². The number of carbonyl (C=O) groups excluding carboxylic acids is 4. The predicted molar refractivity (Wildman–Crippen MR) is 283 cm³/mol. The minimum absolute atomic E-state index is 0.00465. The Bertz CT molecular complexity index is 3030. The number of aromatic nitrogens is 3. The highest BCUT2D eigenvalue weighted by Gasteiger charge is 2.45. The number of carbonyl (C=O) groups is 4. The molecule has 0 bridgehead atoms. The lowest BCUT2D eigenvalue weighted by molar-refractivity contribution is -0.121. The zero-order chi connectivity index (χ0) is 57.0. The average Bonchev–Trinajstić information content (AvgIpc) is 4.01. The predicted octanol–water partition coefficient (Wildman–Crippen LogP) is 5.74. The van der Waals surface area contributed by atoms with Crippen LogP contribution in [0.15, 0.2) is 60.1 Å². The van der Waals surface area contributed by atoms with Crippen LogP contribution in [0.2, 0.25) is 0 Å². The lowest BCUT2D eigenvalue weighted by Crippen LogP contribution is -2.31. The van der Waals surface area contributed by atoms with Gasteiger partial charge in [0, 0.05) is 41.4 Å². The molecule has 2 aromatic heterocycles. The first-order valence-corrected chi connectivity index (χ1v) is 30.5. The second kappa shape index (κ2) is 30.2. The van der Waals surface area contributed by atoms with Crippen LogP contribution in [0.5, 0.6) is 0 Å². The number of phosphoric ester groups is 1. The number of nitrogens with one attached hydrogen (secondary N) is 2. The van der Waals surface area contributed by atoms with E-state index < -0.39 is 72.4 Å². The van der Waals surface area contributed by atoms with Crippen molar-refractivity contribution in [2.24, 2.45) is 10.8 Å². The molecule has 0 saturated carbocycles. The Balaban J connectivity index is 1.22. The summed E-state index contributed by atoms with van der Waals surface area (Å²) in [5.74, 6) is 3.45. The molecule has 5 unspecified atom stereocenters. The number of anilines is 2. The van der Waals surface area contributed by atoms with Gasteiger partial charge in [-0.15, -0.1) is 0 Å². The van der Waals surface area contributed by atoms with E-state index in [4.69, 9.17) is 55.0 Å². The van der Waals surface area contributed by atoms with Gasteiger partial charge in [-0.2, -0.15) is 8.62 Å². The van der Waals surface area contributed by atoms with Gasteiger partial charge in [-0.25, -0.2) is 33.3 Å². The minimum Gasteiger partial charge on any atom is -0.462 e. The van der Waals surface area contributed by atoms with Gasteiger partial charge in [0.2, 0.25) is 11.8 Å². The lowest BCUT2D eigenvalue weighted by Gasteiger charge is -2.21. The Morgan fingerprint density at radius 1 is 0.962 bits per heavy atom. The molecule has 0 aliphatic carbocycles. The van der Waals surface area contributed by atoms with E-state index in [2.05, 4.69) is 51.1 Å². The number of unbranched alkanes of at least 4 members (excludes halogenated alkanes) is 1. The number of azide groups is 1. The molecule has 0 spiro atoms. The van der Waals surface area contributed by atoms with Gasteiger partial charge >= 0.3 is 35.4 Å². The Morgan fingerprint density at radius 3 is 2.45 bits per heavy atom. The molecular weight excluding hydrogens is 1130 g/mol. The lowest BCUT2D eigenvalue weighted by atomic mass is 10.0. The van der Waals surface area contributed by atoms with Crippen molar-refractivity contribution in [3.8, 4) is 11.8 Å². The Hall–Kier alpha value is -5.44. The summed E-state index contributed by atoms with van der Waals surface area (Å²) in [6, 6.07) is 10.2. The molecule has 34 heteroatoms. The normalized spacial score (nSPS) is 17.6. The van der Waals surface area contributed by atoms with Crippen LogP contribution in [0.1, 0.15) is 94.5 Å². The molecule has 10 N–H and O–H groups in total. The van der Waals surface area contributed by atoms with E-state index in [-0.39, 0.29) is 90.5 Å². The summed E-state index contributed by atoms with van der Waals surface area (Å²) in [5, 5.41) is 9.24. The third-order valence-corrected chi connectivity index (χ3v) is 16.8. The number of esters is 2. The zero-order valence-corrected chi connectivity index (χ0v) is 46.3. The molecule has 0 radical (unpaired) electrons. The zero-order valence-electron chi connectivity index (χ0n) is 42.0. The Morgan fingerprint density at radius 2 is 1.72 bits per heavy atom. The second-order valence-electron chi connectivity index (χ2n) is 16.5. The molecule has 3 heterocycles. The van der Waals surface area contributed by atoms with Crippen molar-refractivity contribution < 1.29 is 89.3 Å². The highest BCUT2D eigenvalue weighted by molar-refractivity contribution is 8.76. The molecule has 424 valence electrons. The molecule has 4 aromatic rings. The van der Waals surface area contributed by atoms with E-state index in [1.807, 2.05) is 13.2 Å². The average molecular weight is 1190 g/mol. The third kappa shape index (κ3) is 19.7. The SMILES string of the molecule is CSSC(C)c1ccc(NC(=O)COCCOCCN)cc1C(=O)OCCCCC(=O)NCC#Cc1cn([C@H]2CC(OC(=O)c3ccccc3C(C)N=[N+]=[N-])[C@@H](COP(=O)(O)OP(=O)(O)OP(=O)(O)O)O2)c2ncnc(N)c12. The molecule has 2 amide bonds. The molecule has 1 saturated heterocycles. The van der Waals surface area contributed by atoms with Gasteiger partial charge in [-0.3, -0.25) is 14.1 Å². The van der Waals surface area contributed by atoms with Crippen molar-refractivity contribution in [1.29, 1.82) is 0 Å². The highest BCUT2D eigenvalue weighted by atomic mass is 33.1. The summed E-state index contributed by atoms with van der Waals surface area (Å²) in [6.07, 6.45) is 1.18. The van der Waals surface area contributed by atoms with Crippen LogP contribution in [-0.2, 0) is 60.1 Å². The first-order chi connectivity index (χ1) is 37.0. The van der Waals surface area contributed by atoms with E-state index >= 15 is 0 Å². The smallest absolute Gasteiger partial charge is 0.462 e. The topological polar surface area (TPSA) is 430 Å². The summed E-state index contributed by atoms with van der Waals surface area (Å²) in [5.41, 5.74) is 22.8. The van der Waals surface area contributed by atoms with Crippen LogP contribution < -0.4 is 22.1 Å². The Labute approximate surface area is 454 Å². The first-order valence-electron chi connectivity index (χ1n) is 23.4. The van der Waals surface area contributed by atoms with Crippen LogP contribution in [0.3, 0.4) is 0 Å². The maximum atomic E-state index is 13.7. The Kier molecular flexibility index (Phi) is 24.6. The summed E-state index contributed by atoms with van der Waals surface area (Å²) in [6.45, 7) is 3.39. The quantitative estimate of drug-likeness (QED) is 0.00451. The van der Waals surface area contributed by atoms with E-state index in [1.54, 1.807) is 35.1 Å². The number of hydrogen-bond acceptors (Lipinski definition) is 22. The number of benzene rings is 2. The fourth-order valence-electron chi connectivity index (χ4n) is 7.45. The van der Waals surface area contributed by atoms with Crippen LogP contribution in [0.25, 0.3) is 21.5 Å². The maximum absolute atomic E-state index is 13.7. The van der Waals surface area contributed by atoms with Crippen LogP contribution in [-0.4, -0.2) is 129 Å². The fourth-order valence-corrected chi connectivity index (χ4v) is 12.3. The number of amides is 2. The second-order valence-corrected chi connectivity index (χ2v) is 23.7. The number of fused-ring (bicyclic) bond motifs is 1. The van der Waals surface area contributed by atoms with Gasteiger partial charge in [0.25, 0.3) is 0 Å². The standard InChI is InChI=1S/C44H57N10O19P3S2/c1-27(52-53-47)31-10-4-5-11-33(31)44(58)71-35-22-39(70-36(35)24-69-75(62,63)73-76(64,65)72-74(59,60)61)54-23-29(40-41(46)49-26-50-42(40)54)9-8-16-48-37(55)12-6-7-17-68-43(57)34-21-30(13-14-32(34)28(2)78-77-3)51-38(56)25-67-20-19-66-18-15-45/h4-5,10-11,13-14,21,23,26-28,35-36,39H,6-7,12,15-20,22,24-25,45H2,1-3H3,(H,48,55)(H,51,56)(H,62,63)(H,64,65)(H2,46,49,50)(H2,59,60,61)/t27?,28?,35?,36-,39-/m1/s1. The molecule has 1 aliphatic rings. The van der Waals surface area contributed by atoms with Crippen molar-refractivity contribution in [2.45, 2.75) is 69.3 Å². The van der Waals surface area contributed by atoms with Gasteiger partial charge in [-0.05, 0) is 60.9 Å². The van der Waals surface area contributed by atoms with E-state index in [9.17, 15) is 42.7 Å². The number of phosphoric acid groups is 3. The van der Waals surface area contributed by atoms with Gasteiger partial charge in [-0.1, -0.05) is 69.7 Å². The van der Waals surface area contributed by atoms with Gasteiger partial charge in [0.05, 0.1) is 67.7 Å². The fraction of sp³-hybridized carbons (Fsp3) is 0.455. The van der Waals surface area contributed by atoms with Crippen molar-refractivity contribution >= 4 is 91.3 Å². The number of nitrogen functional groups attached to an aromatic ring is 1. The molecule has 29 nitrogen and oxygen atoms in total. The minimum atomic E-state index is -5.90. The monoisotopic (exact) mass is 1190 g/mol. The maximum Gasteiger partial charge on any atom is 0.490 e. The molecular formula is C44H57N10O19P3S2. The molecule has 7 atom stereocenters. The third-order valence-electron chi connectivity index (χ3n) is 10.8. The number of hydrogen-bond donors (Lipinski definition) is 8. The molecule has 2 aromatic carbocycles. The number of nitrogens with zero attached hydrogens (tertiary/aromatic N) is 6. The van der Waals surface area contributed by atoms with Gasteiger partial charge in [0.1, 0.15) is 42.8 Å². The number of rotatable bonds is 30. The van der Waals surface area contributed by atoms with E-state index in [0.717, 1.165) is 6.33 Å². The van der Waals surface area contributed by atoms with Crippen molar-refractivity contribution in [2.75, 3.05) is 70.0 Å². The van der Waals surface area contributed by atoms with Gasteiger partial charge < -0.3 is 69.9 Å². The van der Waals surface area contributed by atoms with Crippen molar-refractivity contribution in [3.63, 3.8) is 0 Å².